The number of benzene rings is 1. The Balaban J connectivity index is 2.99. The number of hydrogen-bond donors (Lipinski definition) is 0. The van der Waals surface area contributed by atoms with E-state index in [0.29, 0.717) is 19.0 Å². The van der Waals surface area contributed by atoms with Gasteiger partial charge in [-0.05, 0) is 37.5 Å². The quantitative estimate of drug-likeness (QED) is 0.587. The topological polar surface area (TPSA) is 52.6 Å². The third-order valence-corrected chi connectivity index (χ3v) is 4.18. The Morgan fingerprint density at radius 3 is 2.29 bits per heavy atom. The lowest BCUT2D eigenvalue weighted by molar-refractivity contribution is 0.0548. The maximum absolute atomic E-state index is 11.5. The van der Waals surface area contributed by atoms with Crippen molar-refractivity contribution in [2.75, 3.05) is 13.2 Å². The highest BCUT2D eigenvalue weighted by atomic mass is 35.7. The zero-order chi connectivity index (χ0) is 16.3. The third kappa shape index (κ3) is 5.85. The van der Waals surface area contributed by atoms with Gasteiger partial charge in [0.1, 0.15) is 12.4 Å². The Morgan fingerprint density at radius 1 is 1.19 bits per heavy atom. The first kappa shape index (κ1) is 18.3. The van der Waals surface area contributed by atoms with Crippen LogP contribution in [0.4, 0.5) is 0 Å². The van der Waals surface area contributed by atoms with E-state index in [0.717, 1.165) is 5.56 Å². The molecule has 6 heteroatoms. The second-order valence-corrected chi connectivity index (χ2v) is 8.68. The van der Waals surface area contributed by atoms with E-state index in [4.69, 9.17) is 20.2 Å². The minimum Gasteiger partial charge on any atom is -0.491 e. The van der Waals surface area contributed by atoms with Gasteiger partial charge >= 0.3 is 0 Å². The van der Waals surface area contributed by atoms with Gasteiger partial charge in [-0.3, -0.25) is 0 Å². The molecule has 0 aliphatic heterocycles. The molecule has 21 heavy (non-hydrogen) atoms. The average Bonchev–Trinajstić information content (AvgIpc) is 2.32. The molecule has 0 amide bonds. The zero-order valence-corrected chi connectivity index (χ0v) is 14.7. The van der Waals surface area contributed by atoms with Gasteiger partial charge in [-0.2, -0.15) is 0 Å². The Bertz CT molecular complexity index is 574. The van der Waals surface area contributed by atoms with Crippen LogP contribution in [0.1, 0.15) is 40.2 Å². The Morgan fingerprint density at radius 2 is 1.81 bits per heavy atom. The molecule has 0 atom stereocenters. The van der Waals surface area contributed by atoms with Gasteiger partial charge in [-0.1, -0.05) is 20.8 Å². The van der Waals surface area contributed by atoms with Crippen LogP contribution in [-0.2, 0) is 19.2 Å². The molecule has 1 aromatic carbocycles. The molecular formula is C15H23ClO4S. The highest BCUT2D eigenvalue weighted by Crippen LogP contribution is 2.34. The van der Waals surface area contributed by atoms with E-state index < -0.39 is 9.05 Å². The normalized spacial score (nSPS) is 12.7. The van der Waals surface area contributed by atoms with Crippen molar-refractivity contribution >= 4 is 19.7 Å². The summed E-state index contributed by atoms with van der Waals surface area (Å²) in [5.41, 5.74) is 0.542. The molecule has 1 aromatic rings. The van der Waals surface area contributed by atoms with E-state index in [1.54, 1.807) is 12.1 Å². The largest absolute Gasteiger partial charge is 0.491 e. The molecule has 1 rings (SSSR count). The highest BCUT2D eigenvalue weighted by molar-refractivity contribution is 8.13. The molecule has 0 fully saturated rings. The summed E-state index contributed by atoms with van der Waals surface area (Å²) >= 11 is 0. The summed E-state index contributed by atoms with van der Waals surface area (Å²) < 4.78 is 34.1. The van der Waals surface area contributed by atoms with Gasteiger partial charge < -0.3 is 9.47 Å². The van der Waals surface area contributed by atoms with Crippen LogP contribution in [0.5, 0.6) is 5.75 Å². The van der Waals surface area contributed by atoms with Crippen LogP contribution < -0.4 is 4.74 Å². The molecule has 0 spiro atoms. The SMILES string of the molecule is CC(C)OCCOc1ccc(S(=O)(=O)Cl)cc1C(C)(C)C. The number of hydrogen-bond acceptors (Lipinski definition) is 4. The molecule has 120 valence electrons. The summed E-state index contributed by atoms with van der Waals surface area (Å²) in [6.07, 6.45) is 0.152. The maximum Gasteiger partial charge on any atom is 0.261 e. The molecule has 0 saturated heterocycles. The van der Waals surface area contributed by atoms with Crippen molar-refractivity contribution in [3.05, 3.63) is 23.8 Å². The van der Waals surface area contributed by atoms with E-state index in [-0.39, 0.29) is 16.4 Å². The fourth-order valence-electron chi connectivity index (χ4n) is 1.81. The lowest BCUT2D eigenvalue weighted by Crippen LogP contribution is -2.17. The van der Waals surface area contributed by atoms with Crippen LogP contribution in [0.3, 0.4) is 0 Å². The van der Waals surface area contributed by atoms with Gasteiger partial charge in [0.25, 0.3) is 9.05 Å². The van der Waals surface area contributed by atoms with Gasteiger partial charge in [0, 0.05) is 16.2 Å². The van der Waals surface area contributed by atoms with Crippen LogP contribution in [0.15, 0.2) is 23.1 Å². The molecule has 4 nitrogen and oxygen atoms in total. The van der Waals surface area contributed by atoms with E-state index in [9.17, 15) is 8.42 Å². The predicted molar refractivity (Wildman–Crippen MR) is 84.8 cm³/mol. The van der Waals surface area contributed by atoms with Crippen LogP contribution in [0.25, 0.3) is 0 Å². The lowest BCUT2D eigenvalue weighted by Gasteiger charge is -2.23. The van der Waals surface area contributed by atoms with Gasteiger partial charge in [0.15, 0.2) is 0 Å². The third-order valence-electron chi connectivity index (χ3n) is 2.83. The van der Waals surface area contributed by atoms with E-state index in [2.05, 4.69) is 0 Å². The minimum atomic E-state index is -3.75. The van der Waals surface area contributed by atoms with Crippen molar-refractivity contribution in [3.8, 4) is 5.75 Å². The maximum atomic E-state index is 11.5. The van der Waals surface area contributed by atoms with Gasteiger partial charge in [0.05, 0.1) is 17.6 Å². The Kier molecular flexibility index (Phi) is 6.08. The summed E-state index contributed by atoms with van der Waals surface area (Å²) in [6, 6.07) is 4.67. The first-order chi connectivity index (χ1) is 9.51. The second kappa shape index (κ2) is 6.99. The standard InChI is InChI=1S/C15H23ClO4S/c1-11(2)19-8-9-20-14-7-6-12(21(16,17)18)10-13(14)15(3,4)5/h6-7,10-11H,8-9H2,1-5H3. The van der Waals surface area contributed by atoms with Crippen molar-refractivity contribution < 1.29 is 17.9 Å². The van der Waals surface area contributed by atoms with Gasteiger partial charge in [-0.25, -0.2) is 8.42 Å². The highest BCUT2D eigenvalue weighted by Gasteiger charge is 2.22. The van der Waals surface area contributed by atoms with Crippen LogP contribution in [0.2, 0.25) is 0 Å². The molecule has 0 radical (unpaired) electrons. The molecule has 0 aliphatic rings. The monoisotopic (exact) mass is 334 g/mol. The van der Waals surface area contributed by atoms with Crippen LogP contribution in [0, 0.1) is 0 Å². The molecule has 0 bridgehead atoms. The minimum absolute atomic E-state index is 0.0832. The predicted octanol–water partition coefficient (Wildman–Crippen LogP) is 3.72. The number of rotatable bonds is 6. The van der Waals surface area contributed by atoms with Crippen molar-refractivity contribution in [3.63, 3.8) is 0 Å². The van der Waals surface area contributed by atoms with Crippen molar-refractivity contribution in [1.82, 2.24) is 0 Å². The number of ether oxygens (including phenoxy) is 2. The molecule has 0 saturated carbocycles. The zero-order valence-electron chi connectivity index (χ0n) is 13.1. The fourth-order valence-corrected chi connectivity index (χ4v) is 2.59. The first-order valence-corrected chi connectivity index (χ1v) is 9.16. The fraction of sp³-hybridized carbons (Fsp3) is 0.600. The van der Waals surface area contributed by atoms with Gasteiger partial charge in [0.2, 0.25) is 0 Å². The van der Waals surface area contributed by atoms with Crippen molar-refractivity contribution in [1.29, 1.82) is 0 Å². The molecule has 0 N–H and O–H groups in total. The Hall–Kier alpha value is -0.780. The average molecular weight is 335 g/mol. The smallest absolute Gasteiger partial charge is 0.261 e. The van der Waals surface area contributed by atoms with Crippen molar-refractivity contribution in [2.24, 2.45) is 0 Å². The van der Waals surface area contributed by atoms with E-state index in [1.165, 1.54) is 6.07 Å². The van der Waals surface area contributed by atoms with E-state index >= 15 is 0 Å². The summed E-state index contributed by atoms with van der Waals surface area (Å²) in [6.45, 7) is 10.8. The molecule has 0 aromatic heterocycles. The van der Waals surface area contributed by atoms with Crippen LogP contribution >= 0.6 is 10.7 Å². The molecule has 0 aliphatic carbocycles. The lowest BCUT2D eigenvalue weighted by atomic mass is 9.86. The van der Waals surface area contributed by atoms with Crippen molar-refractivity contribution in [2.45, 2.75) is 51.0 Å². The van der Waals surface area contributed by atoms with Crippen LogP contribution in [-0.4, -0.2) is 27.7 Å². The van der Waals surface area contributed by atoms with E-state index in [1.807, 2.05) is 34.6 Å². The number of halogens is 1. The molecule has 0 unspecified atom stereocenters. The second-order valence-electron chi connectivity index (χ2n) is 6.11. The summed E-state index contributed by atoms with van der Waals surface area (Å²) in [5, 5.41) is 0. The summed E-state index contributed by atoms with van der Waals surface area (Å²) in [7, 11) is 1.66. The Labute approximate surface area is 131 Å². The molecule has 0 heterocycles. The molecular weight excluding hydrogens is 312 g/mol. The summed E-state index contributed by atoms with van der Waals surface area (Å²) in [4.78, 5) is 0.0832. The summed E-state index contributed by atoms with van der Waals surface area (Å²) in [5.74, 6) is 0.652. The van der Waals surface area contributed by atoms with Gasteiger partial charge in [-0.15, -0.1) is 0 Å². The first-order valence-electron chi connectivity index (χ1n) is 6.85.